The third-order valence-corrected chi connectivity index (χ3v) is 3.05. The first kappa shape index (κ1) is 13.9. The molecule has 0 aliphatic heterocycles. The number of imidazole rings is 1. The maximum absolute atomic E-state index is 5.98. The lowest BCUT2D eigenvalue weighted by Crippen LogP contribution is -2.08. The molecular weight excluding hydrogens is 238 g/mol. The average Bonchev–Trinajstić information content (AvgIpc) is 2.64. The number of anilines is 1. The number of nitrogens with two attached hydrogens (primary N) is 1. The van der Waals surface area contributed by atoms with E-state index in [1.807, 2.05) is 0 Å². The molecule has 2 aromatic rings. The van der Waals surface area contributed by atoms with Crippen LogP contribution in [0.15, 0.2) is 18.2 Å². The average molecular weight is 261 g/mol. The van der Waals surface area contributed by atoms with Crippen LogP contribution in [-0.2, 0) is 11.3 Å². The van der Waals surface area contributed by atoms with Gasteiger partial charge in [0.15, 0.2) is 0 Å². The van der Waals surface area contributed by atoms with Crippen molar-refractivity contribution < 1.29 is 4.74 Å². The van der Waals surface area contributed by atoms with Gasteiger partial charge in [0, 0.05) is 19.8 Å². The third kappa shape index (κ3) is 3.47. The van der Waals surface area contributed by atoms with E-state index in [0.29, 0.717) is 11.9 Å². The van der Waals surface area contributed by atoms with Crippen LogP contribution in [0.5, 0.6) is 0 Å². The van der Waals surface area contributed by atoms with Crippen molar-refractivity contribution in [1.29, 1.82) is 0 Å². The molecule has 0 aliphatic carbocycles. The second-order valence-electron chi connectivity index (χ2n) is 5.44. The van der Waals surface area contributed by atoms with Gasteiger partial charge in [-0.1, -0.05) is 19.9 Å². The molecule has 0 bridgehead atoms. The minimum absolute atomic E-state index is 0.585. The Kier molecular flexibility index (Phi) is 4.43. The Balaban J connectivity index is 1.98. The first-order chi connectivity index (χ1) is 9.08. The molecule has 104 valence electrons. The van der Waals surface area contributed by atoms with Crippen LogP contribution in [0.4, 0.5) is 5.95 Å². The topological polar surface area (TPSA) is 53.1 Å². The zero-order valence-corrected chi connectivity index (χ0v) is 12.0. The molecule has 0 saturated carbocycles. The number of hydrogen-bond donors (Lipinski definition) is 1. The van der Waals surface area contributed by atoms with E-state index in [-0.39, 0.29) is 0 Å². The lowest BCUT2D eigenvalue weighted by atomic mass is 10.2. The first-order valence-corrected chi connectivity index (χ1v) is 6.88. The zero-order chi connectivity index (χ0) is 13.8. The summed E-state index contributed by atoms with van der Waals surface area (Å²) >= 11 is 0. The Morgan fingerprint density at radius 2 is 2.16 bits per heavy atom. The number of hydrogen-bond acceptors (Lipinski definition) is 3. The molecular formula is C15H23N3O. The number of fused-ring (bicyclic) bond motifs is 1. The summed E-state index contributed by atoms with van der Waals surface area (Å²) in [7, 11) is 0. The van der Waals surface area contributed by atoms with Crippen LogP contribution in [0, 0.1) is 12.8 Å². The van der Waals surface area contributed by atoms with E-state index in [1.54, 1.807) is 0 Å². The summed E-state index contributed by atoms with van der Waals surface area (Å²) in [5.74, 6) is 1.17. The van der Waals surface area contributed by atoms with Crippen molar-refractivity contribution in [3.8, 4) is 0 Å². The van der Waals surface area contributed by atoms with Gasteiger partial charge in [0.05, 0.1) is 11.0 Å². The fourth-order valence-electron chi connectivity index (χ4n) is 2.14. The van der Waals surface area contributed by atoms with Crippen molar-refractivity contribution in [1.82, 2.24) is 9.55 Å². The van der Waals surface area contributed by atoms with Gasteiger partial charge >= 0.3 is 0 Å². The van der Waals surface area contributed by atoms with Gasteiger partial charge in [-0.3, -0.25) is 0 Å². The third-order valence-electron chi connectivity index (χ3n) is 3.05. The highest BCUT2D eigenvalue weighted by Crippen LogP contribution is 2.19. The molecule has 2 N–H and O–H groups in total. The van der Waals surface area contributed by atoms with E-state index in [4.69, 9.17) is 10.5 Å². The quantitative estimate of drug-likeness (QED) is 0.813. The second kappa shape index (κ2) is 6.06. The molecule has 0 fully saturated rings. The summed E-state index contributed by atoms with van der Waals surface area (Å²) in [6, 6.07) is 6.25. The molecule has 0 spiro atoms. The fraction of sp³-hybridized carbons (Fsp3) is 0.533. The van der Waals surface area contributed by atoms with E-state index in [2.05, 4.69) is 48.5 Å². The van der Waals surface area contributed by atoms with E-state index in [1.165, 1.54) is 5.56 Å². The van der Waals surface area contributed by atoms with Crippen molar-refractivity contribution >= 4 is 17.0 Å². The predicted octanol–water partition coefficient (Wildman–Crippen LogP) is 2.99. The summed E-state index contributed by atoms with van der Waals surface area (Å²) in [5, 5.41) is 0. The van der Waals surface area contributed by atoms with Gasteiger partial charge < -0.3 is 15.0 Å². The van der Waals surface area contributed by atoms with Gasteiger partial charge in [-0.05, 0) is 37.0 Å². The van der Waals surface area contributed by atoms with Crippen molar-refractivity contribution in [2.75, 3.05) is 18.9 Å². The number of aryl methyl sites for hydroxylation is 2. The van der Waals surface area contributed by atoms with Crippen LogP contribution in [0.25, 0.3) is 11.0 Å². The number of benzene rings is 1. The highest BCUT2D eigenvalue weighted by molar-refractivity contribution is 5.79. The number of rotatable bonds is 6. The summed E-state index contributed by atoms with van der Waals surface area (Å²) in [4.78, 5) is 4.40. The molecule has 19 heavy (non-hydrogen) atoms. The lowest BCUT2D eigenvalue weighted by molar-refractivity contribution is 0.105. The molecule has 1 aromatic carbocycles. The van der Waals surface area contributed by atoms with Crippen LogP contribution in [0.1, 0.15) is 25.8 Å². The fourth-order valence-corrected chi connectivity index (χ4v) is 2.14. The van der Waals surface area contributed by atoms with E-state index in [9.17, 15) is 0 Å². The number of aromatic nitrogens is 2. The van der Waals surface area contributed by atoms with Crippen LogP contribution < -0.4 is 5.73 Å². The van der Waals surface area contributed by atoms with Crippen LogP contribution >= 0.6 is 0 Å². The molecule has 4 heteroatoms. The van der Waals surface area contributed by atoms with Gasteiger partial charge in [-0.25, -0.2) is 4.98 Å². The van der Waals surface area contributed by atoms with E-state index in [0.717, 1.165) is 37.2 Å². The molecule has 0 unspecified atom stereocenters. The van der Waals surface area contributed by atoms with E-state index >= 15 is 0 Å². The maximum atomic E-state index is 5.98. The molecule has 0 amide bonds. The second-order valence-corrected chi connectivity index (χ2v) is 5.44. The monoisotopic (exact) mass is 261 g/mol. The summed E-state index contributed by atoms with van der Waals surface area (Å²) < 4.78 is 7.65. The molecule has 2 rings (SSSR count). The molecule has 1 heterocycles. The van der Waals surface area contributed by atoms with Crippen LogP contribution in [0.2, 0.25) is 0 Å². The standard InChI is InChI=1S/C15H23N3O/c1-11(2)10-19-8-4-7-18-14-6-5-12(3)9-13(14)17-15(18)16/h5-6,9,11H,4,7-8,10H2,1-3H3,(H2,16,17). The Labute approximate surface area is 114 Å². The van der Waals surface area contributed by atoms with Crippen molar-refractivity contribution in [2.45, 2.75) is 33.7 Å². The highest BCUT2D eigenvalue weighted by Gasteiger charge is 2.07. The Bertz CT molecular complexity index is 546. The van der Waals surface area contributed by atoms with Crippen molar-refractivity contribution in [2.24, 2.45) is 5.92 Å². The zero-order valence-electron chi connectivity index (χ0n) is 12.0. The number of nitrogen functional groups attached to an aromatic ring is 1. The SMILES string of the molecule is Cc1ccc2c(c1)nc(N)n2CCCOCC(C)C. The molecule has 0 atom stereocenters. The summed E-state index contributed by atoms with van der Waals surface area (Å²) in [6.07, 6.45) is 0.955. The minimum atomic E-state index is 0.585. The van der Waals surface area contributed by atoms with Crippen molar-refractivity contribution in [3.63, 3.8) is 0 Å². The Morgan fingerprint density at radius 1 is 1.37 bits per heavy atom. The largest absolute Gasteiger partial charge is 0.381 e. The smallest absolute Gasteiger partial charge is 0.201 e. The maximum Gasteiger partial charge on any atom is 0.201 e. The number of nitrogens with zero attached hydrogens (tertiary/aromatic N) is 2. The number of ether oxygens (including phenoxy) is 1. The van der Waals surface area contributed by atoms with Gasteiger partial charge in [-0.15, -0.1) is 0 Å². The van der Waals surface area contributed by atoms with Crippen molar-refractivity contribution in [3.05, 3.63) is 23.8 Å². The normalized spacial score (nSPS) is 11.6. The summed E-state index contributed by atoms with van der Waals surface area (Å²) in [6.45, 7) is 8.81. The Hall–Kier alpha value is -1.55. The van der Waals surface area contributed by atoms with Gasteiger partial charge in [-0.2, -0.15) is 0 Å². The predicted molar refractivity (Wildman–Crippen MR) is 79.2 cm³/mol. The molecule has 0 radical (unpaired) electrons. The molecule has 1 aromatic heterocycles. The minimum Gasteiger partial charge on any atom is -0.381 e. The molecule has 0 saturated heterocycles. The first-order valence-electron chi connectivity index (χ1n) is 6.88. The van der Waals surface area contributed by atoms with Gasteiger partial charge in [0.25, 0.3) is 0 Å². The lowest BCUT2D eigenvalue weighted by Gasteiger charge is -2.08. The highest BCUT2D eigenvalue weighted by atomic mass is 16.5. The van der Waals surface area contributed by atoms with Crippen LogP contribution in [0.3, 0.4) is 0 Å². The van der Waals surface area contributed by atoms with Gasteiger partial charge in [0.2, 0.25) is 5.95 Å². The van der Waals surface area contributed by atoms with E-state index < -0.39 is 0 Å². The van der Waals surface area contributed by atoms with Crippen LogP contribution in [-0.4, -0.2) is 22.8 Å². The Morgan fingerprint density at radius 3 is 2.89 bits per heavy atom. The molecule has 4 nitrogen and oxygen atoms in total. The molecule has 0 aliphatic rings. The summed E-state index contributed by atoms with van der Waals surface area (Å²) in [5.41, 5.74) is 9.26. The van der Waals surface area contributed by atoms with Gasteiger partial charge in [0.1, 0.15) is 0 Å².